The van der Waals surface area contributed by atoms with E-state index in [1.165, 1.54) is 23.1 Å². The van der Waals surface area contributed by atoms with E-state index < -0.39 is 0 Å². The zero-order valence-corrected chi connectivity index (χ0v) is 11.1. The first-order valence-corrected chi connectivity index (χ1v) is 6.98. The van der Waals surface area contributed by atoms with Gasteiger partial charge >= 0.3 is 0 Å². The maximum atomic E-state index is 5.83. The van der Waals surface area contributed by atoms with Gasteiger partial charge in [-0.2, -0.15) is 0 Å². The first kappa shape index (κ1) is 12.2. The van der Waals surface area contributed by atoms with Crippen molar-refractivity contribution in [2.24, 2.45) is 0 Å². The van der Waals surface area contributed by atoms with Crippen LogP contribution in [-0.4, -0.2) is 6.54 Å². The van der Waals surface area contributed by atoms with E-state index in [0.717, 1.165) is 25.1 Å². The summed E-state index contributed by atoms with van der Waals surface area (Å²) >= 11 is 0. The SMILES string of the molecule is Nc1ccc2c(c1)CCC2NCCc1ccccc1. The fourth-order valence-electron chi connectivity index (χ4n) is 2.88. The smallest absolute Gasteiger partial charge is 0.0326 e. The van der Waals surface area contributed by atoms with E-state index >= 15 is 0 Å². The molecule has 3 rings (SSSR count). The molecule has 0 aromatic heterocycles. The van der Waals surface area contributed by atoms with Gasteiger partial charge < -0.3 is 11.1 Å². The lowest BCUT2D eigenvalue weighted by atomic mass is 10.1. The van der Waals surface area contributed by atoms with Crippen LogP contribution >= 0.6 is 0 Å². The zero-order chi connectivity index (χ0) is 13.1. The Morgan fingerprint density at radius 3 is 2.79 bits per heavy atom. The van der Waals surface area contributed by atoms with Gasteiger partial charge in [0.2, 0.25) is 0 Å². The molecule has 0 saturated heterocycles. The monoisotopic (exact) mass is 252 g/mol. The molecule has 0 fully saturated rings. The number of fused-ring (bicyclic) bond motifs is 1. The molecule has 1 unspecified atom stereocenters. The van der Waals surface area contributed by atoms with E-state index in [1.807, 2.05) is 6.07 Å². The lowest BCUT2D eigenvalue weighted by molar-refractivity contribution is 0.533. The summed E-state index contributed by atoms with van der Waals surface area (Å²) in [6, 6.07) is 17.4. The molecule has 0 amide bonds. The van der Waals surface area contributed by atoms with Crippen LogP contribution in [0.1, 0.15) is 29.2 Å². The quantitative estimate of drug-likeness (QED) is 0.821. The van der Waals surface area contributed by atoms with Crippen LogP contribution in [0.3, 0.4) is 0 Å². The van der Waals surface area contributed by atoms with Crippen molar-refractivity contribution in [1.82, 2.24) is 5.32 Å². The van der Waals surface area contributed by atoms with Gasteiger partial charge in [-0.05, 0) is 54.6 Å². The highest BCUT2D eigenvalue weighted by Gasteiger charge is 2.21. The third-order valence-corrected chi connectivity index (χ3v) is 3.89. The van der Waals surface area contributed by atoms with Gasteiger partial charge in [0.25, 0.3) is 0 Å². The van der Waals surface area contributed by atoms with Gasteiger partial charge in [0, 0.05) is 11.7 Å². The second-order valence-corrected chi connectivity index (χ2v) is 5.24. The van der Waals surface area contributed by atoms with Gasteiger partial charge in [-0.1, -0.05) is 36.4 Å². The van der Waals surface area contributed by atoms with Crippen molar-refractivity contribution in [2.75, 3.05) is 12.3 Å². The lowest BCUT2D eigenvalue weighted by Gasteiger charge is -2.14. The van der Waals surface area contributed by atoms with Crippen molar-refractivity contribution in [3.05, 3.63) is 65.2 Å². The number of rotatable bonds is 4. The van der Waals surface area contributed by atoms with Gasteiger partial charge in [-0.15, -0.1) is 0 Å². The highest BCUT2D eigenvalue weighted by molar-refractivity contribution is 5.47. The fourth-order valence-corrected chi connectivity index (χ4v) is 2.88. The van der Waals surface area contributed by atoms with Crippen LogP contribution in [0.4, 0.5) is 5.69 Å². The van der Waals surface area contributed by atoms with E-state index in [4.69, 9.17) is 5.73 Å². The van der Waals surface area contributed by atoms with Crippen molar-refractivity contribution >= 4 is 5.69 Å². The molecular formula is C17H20N2. The van der Waals surface area contributed by atoms with Gasteiger partial charge in [-0.25, -0.2) is 0 Å². The van der Waals surface area contributed by atoms with E-state index in [0.29, 0.717) is 6.04 Å². The molecular weight excluding hydrogens is 232 g/mol. The van der Waals surface area contributed by atoms with E-state index in [1.54, 1.807) is 0 Å². The minimum Gasteiger partial charge on any atom is -0.399 e. The third-order valence-electron chi connectivity index (χ3n) is 3.89. The summed E-state index contributed by atoms with van der Waals surface area (Å²) in [5.41, 5.74) is 11.0. The van der Waals surface area contributed by atoms with E-state index in [-0.39, 0.29) is 0 Å². The molecule has 2 heteroatoms. The molecule has 2 nitrogen and oxygen atoms in total. The normalized spacial score (nSPS) is 17.4. The van der Waals surface area contributed by atoms with Crippen LogP contribution in [0, 0.1) is 0 Å². The maximum Gasteiger partial charge on any atom is 0.0326 e. The van der Waals surface area contributed by atoms with Crippen molar-refractivity contribution in [2.45, 2.75) is 25.3 Å². The molecule has 3 N–H and O–H groups in total. The Bertz CT molecular complexity index is 548. The summed E-state index contributed by atoms with van der Waals surface area (Å²) in [7, 11) is 0. The summed E-state index contributed by atoms with van der Waals surface area (Å²) in [5.74, 6) is 0. The van der Waals surface area contributed by atoms with Gasteiger partial charge in [-0.3, -0.25) is 0 Å². The van der Waals surface area contributed by atoms with Crippen molar-refractivity contribution in [3.63, 3.8) is 0 Å². The number of aryl methyl sites for hydroxylation is 1. The van der Waals surface area contributed by atoms with Crippen LogP contribution in [0.25, 0.3) is 0 Å². The Kier molecular flexibility index (Phi) is 3.51. The summed E-state index contributed by atoms with van der Waals surface area (Å²) in [4.78, 5) is 0. The van der Waals surface area contributed by atoms with Crippen LogP contribution in [0.5, 0.6) is 0 Å². The van der Waals surface area contributed by atoms with Crippen molar-refractivity contribution in [1.29, 1.82) is 0 Å². The van der Waals surface area contributed by atoms with Gasteiger partial charge in [0.1, 0.15) is 0 Å². The lowest BCUT2D eigenvalue weighted by Crippen LogP contribution is -2.21. The van der Waals surface area contributed by atoms with Crippen molar-refractivity contribution in [3.8, 4) is 0 Å². The number of nitrogens with two attached hydrogens (primary N) is 1. The molecule has 0 spiro atoms. The minimum atomic E-state index is 0.499. The maximum absolute atomic E-state index is 5.83. The Morgan fingerprint density at radius 1 is 1.11 bits per heavy atom. The molecule has 1 atom stereocenters. The van der Waals surface area contributed by atoms with Crippen LogP contribution < -0.4 is 11.1 Å². The molecule has 1 aliphatic rings. The number of nitrogens with one attached hydrogen (secondary N) is 1. The summed E-state index contributed by atoms with van der Waals surface area (Å²) in [5, 5.41) is 3.66. The summed E-state index contributed by atoms with van der Waals surface area (Å²) < 4.78 is 0. The number of hydrogen-bond acceptors (Lipinski definition) is 2. The second kappa shape index (κ2) is 5.45. The molecule has 2 aromatic rings. The largest absolute Gasteiger partial charge is 0.399 e. The van der Waals surface area contributed by atoms with Crippen LogP contribution in [-0.2, 0) is 12.8 Å². The molecule has 2 aromatic carbocycles. The Morgan fingerprint density at radius 2 is 1.95 bits per heavy atom. The molecule has 0 heterocycles. The second-order valence-electron chi connectivity index (χ2n) is 5.24. The van der Waals surface area contributed by atoms with Crippen LogP contribution in [0.15, 0.2) is 48.5 Å². The molecule has 98 valence electrons. The average molecular weight is 252 g/mol. The minimum absolute atomic E-state index is 0.499. The number of benzene rings is 2. The van der Waals surface area contributed by atoms with Crippen LogP contribution in [0.2, 0.25) is 0 Å². The highest BCUT2D eigenvalue weighted by atomic mass is 14.9. The average Bonchev–Trinajstić information content (AvgIpc) is 2.82. The highest BCUT2D eigenvalue weighted by Crippen LogP contribution is 2.32. The Hall–Kier alpha value is -1.80. The van der Waals surface area contributed by atoms with E-state index in [2.05, 4.69) is 47.8 Å². The predicted octanol–water partition coefficient (Wildman–Crippen LogP) is 3.09. The predicted molar refractivity (Wildman–Crippen MR) is 80.1 cm³/mol. The summed E-state index contributed by atoms with van der Waals surface area (Å²) in [6.07, 6.45) is 3.42. The Labute approximate surface area is 114 Å². The van der Waals surface area contributed by atoms with Gasteiger partial charge in [0.05, 0.1) is 0 Å². The number of anilines is 1. The Balaban J connectivity index is 1.58. The number of hydrogen-bond donors (Lipinski definition) is 2. The first-order chi connectivity index (χ1) is 9.33. The fraction of sp³-hybridized carbons (Fsp3) is 0.294. The third kappa shape index (κ3) is 2.79. The topological polar surface area (TPSA) is 38.0 Å². The van der Waals surface area contributed by atoms with Crippen molar-refractivity contribution < 1.29 is 0 Å². The summed E-state index contributed by atoms with van der Waals surface area (Å²) in [6.45, 7) is 1.03. The first-order valence-electron chi connectivity index (χ1n) is 6.98. The van der Waals surface area contributed by atoms with Gasteiger partial charge in [0.15, 0.2) is 0 Å². The van der Waals surface area contributed by atoms with E-state index in [9.17, 15) is 0 Å². The molecule has 0 saturated carbocycles. The molecule has 0 radical (unpaired) electrons. The zero-order valence-electron chi connectivity index (χ0n) is 11.1. The number of nitrogen functional groups attached to an aromatic ring is 1. The molecule has 1 aliphatic carbocycles. The molecule has 0 bridgehead atoms. The molecule has 0 aliphatic heterocycles. The standard InChI is InChI=1S/C17H20N2/c18-15-7-8-16-14(12-15)6-9-17(16)19-11-10-13-4-2-1-3-5-13/h1-5,7-8,12,17,19H,6,9-11,18H2. The molecule has 19 heavy (non-hydrogen) atoms.